The van der Waals surface area contributed by atoms with E-state index in [1.807, 2.05) is 0 Å². The maximum Gasteiger partial charge on any atom is 0.293 e. The van der Waals surface area contributed by atoms with Crippen molar-refractivity contribution < 1.29 is 13.7 Å². The standard InChI is InChI=1S/C10H10BrN3O3/c11-8-2-1-6(16-8)10-13-9(14-17-10)7-5-12-3-4-15-7/h1-2,7,12H,3-5H2. The maximum absolute atomic E-state index is 5.53. The van der Waals surface area contributed by atoms with Crippen LogP contribution in [0.3, 0.4) is 0 Å². The van der Waals surface area contributed by atoms with Crippen LogP contribution in [0, 0.1) is 0 Å². The summed E-state index contributed by atoms with van der Waals surface area (Å²) in [6.45, 7) is 2.20. The first-order valence-corrected chi connectivity index (χ1v) is 6.04. The Morgan fingerprint density at radius 2 is 2.35 bits per heavy atom. The van der Waals surface area contributed by atoms with E-state index in [1.54, 1.807) is 12.1 Å². The van der Waals surface area contributed by atoms with Crippen molar-refractivity contribution in [2.75, 3.05) is 19.7 Å². The molecule has 17 heavy (non-hydrogen) atoms. The van der Waals surface area contributed by atoms with E-state index in [0.29, 0.717) is 35.3 Å². The maximum atomic E-state index is 5.53. The van der Waals surface area contributed by atoms with Crippen molar-refractivity contribution in [2.45, 2.75) is 6.10 Å². The average molecular weight is 300 g/mol. The summed E-state index contributed by atoms with van der Waals surface area (Å²) in [5.74, 6) is 1.44. The van der Waals surface area contributed by atoms with Crippen molar-refractivity contribution >= 4 is 15.9 Å². The van der Waals surface area contributed by atoms with Crippen LogP contribution >= 0.6 is 15.9 Å². The molecule has 2 aromatic rings. The van der Waals surface area contributed by atoms with Gasteiger partial charge in [-0.05, 0) is 28.1 Å². The lowest BCUT2D eigenvalue weighted by Crippen LogP contribution is -2.33. The van der Waals surface area contributed by atoms with E-state index in [2.05, 4.69) is 31.4 Å². The number of morpholine rings is 1. The van der Waals surface area contributed by atoms with Crippen LogP contribution in [0.15, 0.2) is 25.7 Å². The van der Waals surface area contributed by atoms with Crippen molar-refractivity contribution in [2.24, 2.45) is 0 Å². The van der Waals surface area contributed by atoms with Gasteiger partial charge in [0.05, 0.1) is 6.61 Å². The van der Waals surface area contributed by atoms with Gasteiger partial charge in [0.1, 0.15) is 6.10 Å². The van der Waals surface area contributed by atoms with Gasteiger partial charge >= 0.3 is 0 Å². The molecule has 90 valence electrons. The summed E-state index contributed by atoms with van der Waals surface area (Å²) in [5.41, 5.74) is 0. The molecule has 1 fully saturated rings. The fourth-order valence-electron chi connectivity index (χ4n) is 1.63. The summed E-state index contributed by atoms with van der Waals surface area (Å²) >= 11 is 3.22. The highest BCUT2D eigenvalue weighted by Crippen LogP contribution is 2.25. The third-order valence-corrected chi connectivity index (χ3v) is 2.87. The van der Waals surface area contributed by atoms with Gasteiger partial charge in [0.2, 0.25) is 5.82 Å². The fourth-order valence-corrected chi connectivity index (χ4v) is 1.93. The molecule has 0 radical (unpaired) electrons. The Morgan fingerprint density at radius 3 is 3.06 bits per heavy atom. The molecule has 0 amide bonds. The van der Waals surface area contributed by atoms with E-state index >= 15 is 0 Å². The molecule has 0 saturated carbocycles. The van der Waals surface area contributed by atoms with Crippen LogP contribution in [-0.4, -0.2) is 29.8 Å². The molecule has 3 heterocycles. The van der Waals surface area contributed by atoms with Crippen molar-refractivity contribution in [1.29, 1.82) is 0 Å². The van der Waals surface area contributed by atoms with Crippen LogP contribution in [-0.2, 0) is 4.74 Å². The second-order valence-electron chi connectivity index (χ2n) is 3.63. The zero-order chi connectivity index (χ0) is 11.7. The topological polar surface area (TPSA) is 73.3 Å². The second-order valence-corrected chi connectivity index (χ2v) is 4.41. The number of nitrogens with zero attached hydrogens (tertiary/aromatic N) is 2. The molecule has 1 aliphatic heterocycles. The largest absolute Gasteiger partial charge is 0.444 e. The van der Waals surface area contributed by atoms with Crippen molar-refractivity contribution in [3.63, 3.8) is 0 Å². The monoisotopic (exact) mass is 299 g/mol. The van der Waals surface area contributed by atoms with E-state index in [4.69, 9.17) is 13.7 Å². The van der Waals surface area contributed by atoms with E-state index in [9.17, 15) is 0 Å². The van der Waals surface area contributed by atoms with Gasteiger partial charge in [0.15, 0.2) is 10.4 Å². The summed E-state index contributed by atoms with van der Waals surface area (Å²) in [6, 6.07) is 3.54. The molecule has 1 aliphatic rings. The Balaban J connectivity index is 1.82. The van der Waals surface area contributed by atoms with Crippen molar-refractivity contribution in [3.05, 3.63) is 22.6 Å². The van der Waals surface area contributed by atoms with E-state index in [1.165, 1.54) is 0 Å². The SMILES string of the molecule is Brc1ccc(-c2nc(C3CNCCO3)no2)o1. The predicted octanol–water partition coefficient (Wildman–Crippen LogP) is 1.75. The first-order valence-electron chi connectivity index (χ1n) is 5.24. The van der Waals surface area contributed by atoms with Crippen LogP contribution in [0.1, 0.15) is 11.9 Å². The third-order valence-electron chi connectivity index (χ3n) is 2.44. The number of ether oxygens (including phenoxy) is 1. The number of aromatic nitrogens is 2. The summed E-state index contributed by atoms with van der Waals surface area (Å²) < 4.78 is 16.6. The Hall–Kier alpha value is -1.18. The number of hydrogen-bond acceptors (Lipinski definition) is 6. The van der Waals surface area contributed by atoms with Crippen molar-refractivity contribution in [3.8, 4) is 11.7 Å². The number of hydrogen-bond donors (Lipinski definition) is 1. The lowest BCUT2D eigenvalue weighted by atomic mass is 10.3. The molecule has 1 unspecified atom stereocenters. The van der Waals surface area contributed by atoms with Crippen LogP contribution in [0.4, 0.5) is 0 Å². The highest BCUT2D eigenvalue weighted by atomic mass is 79.9. The molecule has 1 N–H and O–H groups in total. The molecule has 6 nitrogen and oxygen atoms in total. The molecule has 1 saturated heterocycles. The summed E-state index contributed by atoms with van der Waals surface area (Å²) in [7, 11) is 0. The number of halogens is 1. The molecule has 2 aromatic heterocycles. The lowest BCUT2D eigenvalue weighted by Gasteiger charge is -2.20. The van der Waals surface area contributed by atoms with Gasteiger partial charge in [-0.2, -0.15) is 4.98 Å². The summed E-state index contributed by atoms with van der Waals surface area (Å²) in [6.07, 6.45) is -0.153. The molecular weight excluding hydrogens is 290 g/mol. The zero-order valence-electron chi connectivity index (χ0n) is 8.85. The molecule has 0 aliphatic carbocycles. The van der Waals surface area contributed by atoms with Crippen LogP contribution in [0.2, 0.25) is 0 Å². The van der Waals surface area contributed by atoms with Crippen molar-refractivity contribution in [1.82, 2.24) is 15.5 Å². The minimum absolute atomic E-state index is 0.153. The predicted molar refractivity (Wildman–Crippen MR) is 61.3 cm³/mol. The van der Waals surface area contributed by atoms with Gasteiger partial charge in [-0.1, -0.05) is 5.16 Å². The van der Waals surface area contributed by atoms with Crippen LogP contribution in [0.5, 0.6) is 0 Å². The third kappa shape index (κ3) is 2.26. The molecule has 0 spiro atoms. The van der Waals surface area contributed by atoms with E-state index in [-0.39, 0.29) is 6.10 Å². The van der Waals surface area contributed by atoms with Gasteiger partial charge < -0.3 is 19.0 Å². The van der Waals surface area contributed by atoms with Crippen LogP contribution in [0.25, 0.3) is 11.7 Å². The normalized spacial score (nSPS) is 20.6. The molecule has 7 heteroatoms. The van der Waals surface area contributed by atoms with E-state index < -0.39 is 0 Å². The molecule has 3 rings (SSSR count). The molecule has 0 aromatic carbocycles. The van der Waals surface area contributed by atoms with Gasteiger partial charge in [-0.3, -0.25) is 0 Å². The summed E-state index contributed by atoms with van der Waals surface area (Å²) in [4.78, 5) is 4.26. The number of nitrogens with one attached hydrogen (secondary N) is 1. The number of furan rings is 1. The van der Waals surface area contributed by atoms with Crippen LogP contribution < -0.4 is 5.32 Å². The van der Waals surface area contributed by atoms with Gasteiger partial charge in [-0.15, -0.1) is 0 Å². The van der Waals surface area contributed by atoms with E-state index in [0.717, 1.165) is 6.54 Å². The smallest absolute Gasteiger partial charge is 0.293 e. The Morgan fingerprint density at radius 1 is 1.41 bits per heavy atom. The fraction of sp³-hybridized carbons (Fsp3) is 0.400. The first-order chi connectivity index (χ1) is 8.33. The molecular formula is C10H10BrN3O3. The second kappa shape index (κ2) is 4.59. The highest BCUT2D eigenvalue weighted by Gasteiger charge is 2.22. The lowest BCUT2D eigenvalue weighted by molar-refractivity contribution is 0.0208. The van der Waals surface area contributed by atoms with Gasteiger partial charge in [-0.25, -0.2) is 0 Å². The minimum atomic E-state index is -0.153. The van der Waals surface area contributed by atoms with Gasteiger partial charge in [0.25, 0.3) is 5.89 Å². The Kier molecular flexibility index (Phi) is 2.96. The first kappa shape index (κ1) is 10.9. The highest BCUT2D eigenvalue weighted by molar-refractivity contribution is 9.10. The van der Waals surface area contributed by atoms with Gasteiger partial charge in [0, 0.05) is 13.1 Å². The molecule has 1 atom stereocenters. The number of rotatable bonds is 2. The quantitative estimate of drug-likeness (QED) is 0.911. The Labute approximate surface area is 105 Å². The summed E-state index contributed by atoms with van der Waals surface area (Å²) in [5, 5.41) is 7.11. The zero-order valence-corrected chi connectivity index (χ0v) is 10.4. The molecule has 0 bridgehead atoms. The minimum Gasteiger partial charge on any atom is -0.444 e. The average Bonchev–Trinajstić information content (AvgIpc) is 2.98. The Bertz CT molecular complexity index is 504.